The van der Waals surface area contributed by atoms with Crippen LogP contribution in [0.1, 0.15) is 237 Å². The number of alkyl halides is 3. The average molecular weight is 2030 g/mol. The van der Waals surface area contributed by atoms with Crippen molar-refractivity contribution < 1.29 is 110 Å². The van der Waals surface area contributed by atoms with Crippen molar-refractivity contribution in [2.45, 2.75) is 315 Å². The van der Waals surface area contributed by atoms with Crippen LogP contribution in [0.2, 0.25) is 0 Å². The lowest BCUT2D eigenvalue weighted by Gasteiger charge is -2.39. The van der Waals surface area contributed by atoms with E-state index in [9.17, 15) is 110 Å². The molecule has 39 nitrogen and oxygen atoms in total. The van der Waals surface area contributed by atoms with Gasteiger partial charge in [0, 0.05) is 97.5 Å². The quantitative estimate of drug-likeness (QED) is 0.0413. The van der Waals surface area contributed by atoms with Crippen LogP contribution in [0.15, 0.2) is 0 Å². The molecule has 11 rings (SSSR count). The molecule has 6 aliphatic heterocycles. The minimum atomic E-state index is -4.65. The Morgan fingerprint density at radius 1 is 0.367 bits per heavy atom. The number of likely N-dealkylation sites (tertiary alicyclic amines) is 3. The third kappa shape index (κ3) is 27.6. The van der Waals surface area contributed by atoms with Gasteiger partial charge in [-0.05, 0) is 135 Å². The number of urea groups is 3. The Morgan fingerprint density at radius 3 is 0.835 bits per heavy atom. The van der Waals surface area contributed by atoms with Crippen molar-refractivity contribution in [3.05, 3.63) is 0 Å². The van der Waals surface area contributed by atoms with Gasteiger partial charge in [0.25, 0.3) is 17.7 Å². The number of primary amides is 1. The molecule has 0 aromatic carbocycles. The van der Waals surface area contributed by atoms with Gasteiger partial charge in [-0.15, -0.1) is 0 Å². The van der Waals surface area contributed by atoms with Gasteiger partial charge in [0.15, 0.2) is 0 Å². The third-order valence-electron chi connectivity index (χ3n) is 30.6. The van der Waals surface area contributed by atoms with E-state index in [1.807, 2.05) is 132 Å². The standard InChI is InChI=1S/C32H54N6O7S.C31H51F3N6O7S.C31H52N6O7S/c1-30(2,3)21(17-37-13-10-14-46(37,44)45)35-29(43)36-25(31(4,5)6)28(42)38-16-19-22(32(19,7)8)23(38)26(40)34-20(15-18-11-12-18)24(39)27(41)33-9;1-28(2,3)19(16-39-13-10-14-48(39,46)47)37-27(45)38-23(29(4,5)6)26(44)40-15-17-20(30(17,7)8)21(40)24(42)36-18(11-12-31(32,33)34)22(41)25(43)35-9;1-29(2,3)20(16-36-12-9-13-45(36,43)44)34-28(42)35-24(30(4,5)6)27(41)37-15-18-21(31(18,7)8)22(37)26(40)33-19(14-17-10-11-17)23(38)25(32)39/h18-23,25H,10-17H2,1-9H3,(H,33,41)(H,34,40)(H2,35,36,43);17-21,23H,10-16H2,1-9H3,(H,35,43)(H,36,42)(H2,37,38,45);17-22,24H,9-16H2,1-8H3,(H2,32,39)(H,33,40)(H2,34,35,42)/t19-,20?,21+,22-,23-,25+;17-,18?,19+,20-,21-,23+;18-,19?,20+,21-,22-,24+/m000/s1. The zero-order valence-electron chi connectivity index (χ0n) is 86.0. The Labute approximate surface area is 818 Å². The van der Waals surface area contributed by atoms with Gasteiger partial charge in [0.05, 0.1) is 35.4 Å². The highest BCUT2D eigenvalue weighted by atomic mass is 32.2. The molecule has 6 saturated heterocycles. The number of ketones is 3. The number of fused-ring (bicyclic) bond motifs is 3. The van der Waals surface area contributed by atoms with E-state index in [0.29, 0.717) is 64.8 Å². The number of hydrogen-bond acceptors (Lipinski definition) is 21. The fraction of sp³-hybridized carbons (Fsp3) is 0.840. The Morgan fingerprint density at radius 2 is 0.619 bits per heavy atom. The molecule has 139 heavy (non-hydrogen) atoms. The smallest absolute Gasteiger partial charge is 0.363 e. The number of likely N-dealkylation sites (N-methyl/N-ethyl adjacent to an activating group) is 2. The summed E-state index contributed by atoms with van der Waals surface area (Å²) < 4.78 is 118. The van der Waals surface area contributed by atoms with Crippen LogP contribution in [0, 0.1) is 96.1 Å². The molecule has 11 aliphatic rings. The van der Waals surface area contributed by atoms with Crippen LogP contribution in [0.4, 0.5) is 27.6 Å². The summed E-state index contributed by atoms with van der Waals surface area (Å²) in [6, 6.07) is -13.5. The molecule has 0 radical (unpaired) electrons. The van der Waals surface area contributed by atoms with Crippen molar-refractivity contribution in [2.24, 2.45) is 102 Å². The van der Waals surface area contributed by atoms with Gasteiger partial charge in [0.2, 0.25) is 82.9 Å². The third-order valence-corrected chi connectivity index (χ3v) is 36.3. The number of rotatable bonds is 33. The molecule has 5 aliphatic carbocycles. The maximum atomic E-state index is 14.3. The highest BCUT2D eigenvalue weighted by Crippen LogP contribution is 2.67. The van der Waals surface area contributed by atoms with Crippen LogP contribution in [0.5, 0.6) is 0 Å². The first-order chi connectivity index (χ1) is 63.4. The van der Waals surface area contributed by atoms with Gasteiger partial charge in [0.1, 0.15) is 36.3 Å². The Hall–Kier alpha value is -8.43. The maximum absolute atomic E-state index is 14.3. The second kappa shape index (κ2) is 41.7. The first-order valence-corrected chi connectivity index (χ1v) is 53.6. The molecule has 5 saturated carbocycles. The molecule has 11 fully saturated rings. The number of Topliss-reactive ketones (excluding diaryl/α,β-unsaturated/α-hetero) is 3. The second-order valence-corrected chi connectivity index (χ2v) is 54.8. The summed E-state index contributed by atoms with van der Waals surface area (Å²) in [7, 11) is -7.68. The molecule has 13 N–H and O–H groups in total. The van der Waals surface area contributed by atoms with Crippen molar-refractivity contribution in [1.29, 1.82) is 0 Å². The summed E-state index contributed by atoms with van der Waals surface area (Å²) in [5.41, 5.74) is 0.628. The van der Waals surface area contributed by atoms with Crippen LogP contribution in [-0.2, 0) is 87.6 Å². The number of amides is 15. The summed E-state index contributed by atoms with van der Waals surface area (Å²) in [5.74, 6) is -9.01. The summed E-state index contributed by atoms with van der Waals surface area (Å²) in [5, 5.41) is 29.5. The summed E-state index contributed by atoms with van der Waals surface area (Å²) >= 11 is 0. The molecule has 15 amide bonds. The number of carbonyl (C=O) groups is 15. The van der Waals surface area contributed by atoms with Gasteiger partial charge < -0.3 is 78.9 Å². The minimum Gasteiger partial charge on any atom is -0.363 e. The summed E-state index contributed by atoms with van der Waals surface area (Å²) in [6.45, 7) is 47.4. The number of nitrogens with two attached hydrogens (primary N) is 1. The largest absolute Gasteiger partial charge is 0.389 e. The highest BCUT2D eigenvalue weighted by Gasteiger charge is 2.73. The molecule has 0 aromatic heterocycles. The number of nitrogens with one attached hydrogen (secondary N) is 11. The van der Waals surface area contributed by atoms with Crippen LogP contribution < -0.4 is 64.2 Å². The average Bonchev–Trinajstić information content (AvgIpc) is 1.53. The van der Waals surface area contributed by atoms with Gasteiger partial charge in [-0.1, -0.05) is 192 Å². The van der Waals surface area contributed by atoms with Gasteiger partial charge in [-0.2, -0.15) is 26.1 Å². The number of nitrogens with zero attached hydrogens (tertiary/aromatic N) is 6. The molecule has 18 atom stereocenters. The number of carbonyl (C=O) groups excluding carboxylic acids is 15. The zero-order chi connectivity index (χ0) is 105. The van der Waals surface area contributed by atoms with Crippen molar-refractivity contribution >= 4 is 119 Å². The fourth-order valence-electron chi connectivity index (χ4n) is 20.7. The van der Waals surface area contributed by atoms with E-state index in [2.05, 4.69) is 72.3 Å². The van der Waals surface area contributed by atoms with Crippen LogP contribution in [0.25, 0.3) is 0 Å². The van der Waals surface area contributed by atoms with Crippen molar-refractivity contribution in [3.8, 4) is 0 Å². The van der Waals surface area contributed by atoms with Gasteiger partial charge in [-0.3, -0.25) is 57.5 Å². The summed E-state index contributed by atoms with van der Waals surface area (Å²) in [4.78, 5) is 203. The first kappa shape index (κ1) is 114. The zero-order valence-corrected chi connectivity index (χ0v) is 88.5. The molecule has 6 heterocycles. The van der Waals surface area contributed by atoms with Crippen LogP contribution in [-0.4, -0.2) is 310 Å². The monoisotopic (exact) mass is 2030 g/mol. The van der Waals surface area contributed by atoms with E-state index in [4.69, 9.17) is 5.73 Å². The first-order valence-electron chi connectivity index (χ1n) is 48.8. The van der Waals surface area contributed by atoms with E-state index in [1.165, 1.54) is 34.7 Å². The van der Waals surface area contributed by atoms with Crippen LogP contribution in [0.3, 0.4) is 0 Å². The van der Waals surface area contributed by atoms with E-state index in [0.717, 1.165) is 32.7 Å². The number of hydrogen-bond donors (Lipinski definition) is 12. The lowest BCUT2D eigenvalue weighted by molar-refractivity contribution is -0.148. The molecular formula is C94H157F3N18O21S3. The molecule has 3 unspecified atom stereocenters. The van der Waals surface area contributed by atoms with Gasteiger partial charge >= 0.3 is 24.3 Å². The van der Waals surface area contributed by atoms with Crippen molar-refractivity contribution in [3.63, 3.8) is 0 Å². The SMILES string of the molecule is CC(C)(C)[C@H](NC(=O)N[C@H](CN1CCCS1(=O)=O)C(C)(C)C)C(=O)N1C[C@H]2[C@@H]([C@H]1C(=O)NC(CC1CC1)C(=O)C(N)=O)C2(C)C.CNC(=O)C(=O)C(CC1CC1)NC(=O)[C@@H]1[C@@H]2[C@H](CN1C(=O)[C@@H](NC(=O)N[C@H](CN1CCCS1(=O)=O)C(C)(C)C)C(C)(C)C)C2(C)C.CNC(=O)C(=O)C(CCC(F)(F)F)NC(=O)[C@@H]1[C@@H]2[C@H](CN1C(=O)[C@@H](NC(=O)N[C@H](CN1CCCS1(=O)=O)C(C)(C)C)C(C)(C)C)C2(C)C. The number of sulfonamides is 3. The highest BCUT2D eigenvalue weighted by molar-refractivity contribution is 7.89. The van der Waals surface area contributed by atoms with Gasteiger partial charge in [-0.25, -0.2) is 39.6 Å². The van der Waals surface area contributed by atoms with E-state index in [1.54, 1.807) is 20.8 Å². The van der Waals surface area contributed by atoms with Crippen molar-refractivity contribution in [1.82, 2.24) is 86.1 Å². The van der Waals surface area contributed by atoms with Crippen molar-refractivity contribution in [2.75, 3.05) is 90.3 Å². The molecule has 0 bridgehead atoms. The molecule has 0 spiro atoms. The maximum Gasteiger partial charge on any atom is 0.389 e. The topological polar surface area (TPSA) is 536 Å². The van der Waals surface area contributed by atoms with E-state index >= 15 is 0 Å². The predicted molar refractivity (Wildman–Crippen MR) is 511 cm³/mol. The molecule has 788 valence electrons. The second-order valence-electron chi connectivity index (χ2n) is 48.6. The normalized spacial score (nSPS) is 26.7. The molecule has 0 aromatic rings. The Balaban J connectivity index is 0.000000233. The molecule has 45 heteroatoms. The van der Waals surface area contributed by atoms with E-state index in [-0.39, 0.29) is 107 Å². The number of halogens is 3. The molecular weight excluding hydrogens is 1870 g/mol. The van der Waals surface area contributed by atoms with E-state index < -0.39 is 243 Å². The van der Waals surface area contributed by atoms with Crippen LogP contribution >= 0.6 is 0 Å². The summed E-state index contributed by atoms with van der Waals surface area (Å²) in [6.07, 6.45) is -0.982. The Bertz CT molecular complexity index is 5040. The Kier molecular flexibility index (Phi) is 34.3. The fourth-order valence-corrected chi connectivity index (χ4v) is 25.3. The number of piperidine rings is 3. The lowest BCUT2D eigenvalue weighted by Crippen LogP contribution is -2.62. The lowest BCUT2D eigenvalue weighted by atomic mass is 9.85. The predicted octanol–water partition coefficient (Wildman–Crippen LogP) is 3.98. The minimum absolute atomic E-state index is 0.0308.